The number of rotatable bonds is 4. The number of fused-ring (bicyclic) bond motifs is 1. The molecule has 0 spiro atoms. The van der Waals surface area contributed by atoms with Crippen molar-refractivity contribution >= 4 is 22.8 Å². The molecule has 142 valence electrons. The molecule has 3 aromatic rings. The van der Waals surface area contributed by atoms with E-state index in [9.17, 15) is 13.8 Å². The first-order valence-electron chi connectivity index (χ1n) is 8.66. The summed E-state index contributed by atoms with van der Waals surface area (Å²) in [5, 5.41) is 2.67. The monoisotopic (exact) mass is 390 g/mol. The van der Waals surface area contributed by atoms with Crippen LogP contribution in [0, 0.1) is 0 Å². The lowest BCUT2D eigenvalue weighted by atomic mass is 9.83. The van der Waals surface area contributed by atoms with Crippen molar-refractivity contribution in [3.05, 3.63) is 46.1 Å². The summed E-state index contributed by atoms with van der Waals surface area (Å²) < 4.78 is 28.2. The fourth-order valence-electron chi connectivity index (χ4n) is 3.65. The summed E-state index contributed by atoms with van der Waals surface area (Å²) in [5.74, 6) is -0.236. The topological polar surface area (TPSA) is 130 Å². The van der Waals surface area contributed by atoms with E-state index in [-0.39, 0.29) is 22.8 Å². The lowest BCUT2D eigenvalue weighted by Crippen LogP contribution is -2.27. The van der Waals surface area contributed by atoms with Gasteiger partial charge in [-0.05, 0) is 30.9 Å². The largest absolute Gasteiger partial charge is 0.463 e. The predicted molar refractivity (Wildman–Crippen MR) is 97.6 cm³/mol. The lowest BCUT2D eigenvalue weighted by Gasteiger charge is -2.22. The zero-order valence-electron chi connectivity index (χ0n) is 14.3. The van der Waals surface area contributed by atoms with Gasteiger partial charge in [0.1, 0.15) is 11.4 Å². The van der Waals surface area contributed by atoms with Crippen LogP contribution in [-0.2, 0) is 11.3 Å². The first kappa shape index (κ1) is 17.7. The lowest BCUT2D eigenvalue weighted by molar-refractivity contribution is 0.0975. The van der Waals surface area contributed by atoms with Gasteiger partial charge in [-0.2, -0.15) is 0 Å². The minimum atomic E-state index is -2.50. The number of amides is 1. The Kier molecular flexibility index (Phi) is 4.66. The maximum atomic E-state index is 13.2. The van der Waals surface area contributed by atoms with E-state index in [1.54, 1.807) is 12.1 Å². The molecule has 9 nitrogen and oxygen atoms in total. The van der Waals surface area contributed by atoms with Gasteiger partial charge in [0, 0.05) is 6.07 Å². The molecule has 0 bridgehead atoms. The zero-order valence-corrected chi connectivity index (χ0v) is 15.1. The molecule has 0 saturated heterocycles. The second-order valence-electron chi connectivity index (χ2n) is 6.54. The van der Waals surface area contributed by atoms with Crippen molar-refractivity contribution in [2.45, 2.75) is 38.0 Å². The molecule has 0 aliphatic heterocycles. The van der Waals surface area contributed by atoms with E-state index >= 15 is 0 Å². The number of furan rings is 1. The minimum Gasteiger partial charge on any atom is -0.463 e. The molecule has 1 aliphatic rings. The van der Waals surface area contributed by atoms with Crippen LogP contribution in [0.5, 0.6) is 0 Å². The average Bonchev–Trinajstić information content (AvgIpc) is 3.31. The summed E-state index contributed by atoms with van der Waals surface area (Å²) in [6.07, 6.45) is 6.56. The summed E-state index contributed by atoms with van der Waals surface area (Å²) >= 11 is -2.50. The third kappa shape index (κ3) is 3.33. The summed E-state index contributed by atoms with van der Waals surface area (Å²) in [4.78, 5) is 29.7. The van der Waals surface area contributed by atoms with Gasteiger partial charge >= 0.3 is 0 Å². The molecular formula is C17H18N4O5S. The number of carbonyl (C=O) groups excluding carboxylic acids is 1. The highest BCUT2D eigenvalue weighted by Gasteiger charge is 2.27. The maximum Gasteiger partial charge on any atom is 0.282 e. The third-order valence-electron chi connectivity index (χ3n) is 4.84. The Morgan fingerprint density at radius 1 is 1.37 bits per heavy atom. The molecule has 27 heavy (non-hydrogen) atoms. The van der Waals surface area contributed by atoms with E-state index in [1.807, 2.05) is 4.72 Å². The van der Waals surface area contributed by atoms with Crippen LogP contribution in [0.25, 0.3) is 17.1 Å². The van der Waals surface area contributed by atoms with Crippen LogP contribution in [0.15, 0.2) is 33.7 Å². The highest BCUT2D eigenvalue weighted by Crippen LogP contribution is 2.35. The van der Waals surface area contributed by atoms with Crippen molar-refractivity contribution in [3.63, 3.8) is 0 Å². The second kappa shape index (κ2) is 7.12. The second-order valence-corrected chi connectivity index (χ2v) is 7.24. The van der Waals surface area contributed by atoms with Gasteiger partial charge in [-0.3, -0.25) is 19.2 Å². The molecule has 0 radical (unpaired) electrons. The highest BCUT2D eigenvalue weighted by atomic mass is 32.2. The van der Waals surface area contributed by atoms with E-state index in [0.29, 0.717) is 17.0 Å². The molecule has 3 heterocycles. The minimum absolute atomic E-state index is 0.0341. The molecule has 3 aromatic heterocycles. The Morgan fingerprint density at radius 2 is 2.15 bits per heavy atom. The SMILES string of the molecule is O=C(NS(=O)O)c1cc2nc(-c3ccco3)c(C3CCCCC3)c(=O)n2[nH]1. The van der Waals surface area contributed by atoms with Gasteiger partial charge in [0.15, 0.2) is 11.4 Å². The van der Waals surface area contributed by atoms with E-state index in [0.717, 1.165) is 32.1 Å². The van der Waals surface area contributed by atoms with E-state index in [4.69, 9.17) is 8.97 Å². The number of aromatic nitrogens is 3. The van der Waals surface area contributed by atoms with E-state index in [1.165, 1.54) is 16.8 Å². The van der Waals surface area contributed by atoms with Gasteiger partial charge in [0.2, 0.25) is 0 Å². The smallest absolute Gasteiger partial charge is 0.282 e. The summed E-state index contributed by atoms with van der Waals surface area (Å²) in [6, 6.07) is 4.84. The predicted octanol–water partition coefficient (Wildman–Crippen LogP) is 2.20. The number of nitrogens with one attached hydrogen (secondary N) is 2. The molecule has 1 amide bonds. The fourth-order valence-corrected chi connectivity index (χ4v) is 3.92. The standard InChI is InChI=1S/C17H18N4O5S/c22-16(20-27(24)25)11-9-13-18-15(12-7-4-8-26-12)14(17(23)21(13)19-11)10-5-2-1-3-6-10/h4,7-10,19H,1-3,5-6H2,(H,20,22)(H,24,25). The van der Waals surface area contributed by atoms with Crippen molar-refractivity contribution < 1.29 is 18.0 Å². The Hall–Kier alpha value is -2.72. The van der Waals surface area contributed by atoms with Gasteiger partial charge in [-0.25, -0.2) is 18.4 Å². The fraction of sp³-hybridized carbons (Fsp3) is 0.353. The van der Waals surface area contributed by atoms with E-state index in [2.05, 4.69) is 10.1 Å². The molecular weight excluding hydrogens is 372 g/mol. The molecule has 1 unspecified atom stereocenters. The Labute approximate surface area is 156 Å². The average molecular weight is 390 g/mol. The Morgan fingerprint density at radius 3 is 2.81 bits per heavy atom. The Bertz CT molecular complexity index is 1060. The molecule has 1 saturated carbocycles. The quantitative estimate of drug-likeness (QED) is 0.586. The number of carbonyl (C=O) groups is 1. The highest BCUT2D eigenvalue weighted by molar-refractivity contribution is 7.77. The van der Waals surface area contributed by atoms with Crippen LogP contribution in [0.2, 0.25) is 0 Å². The molecule has 10 heteroatoms. The normalized spacial score (nSPS) is 16.5. The van der Waals surface area contributed by atoms with Crippen LogP contribution in [0.3, 0.4) is 0 Å². The van der Waals surface area contributed by atoms with Crippen LogP contribution >= 0.6 is 0 Å². The summed E-state index contributed by atoms with van der Waals surface area (Å²) in [6.45, 7) is 0. The van der Waals surface area contributed by atoms with Crippen LogP contribution in [0.1, 0.15) is 54.1 Å². The van der Waals surface area contributed by atoms with Gasteiger partial charge in [-0.15, -0.1) is 0 Å². The first-order chi connectivity index (χ1) is 13.0. The van der Waals surface area contributed by atoms with Crippen molar-refractivity contribution in [2.75, 3.05) is 0 Å². The van der Waals surface area contributed by atoms with Crippen molar-refractivity contribution in [1.29, 1.82) is 0 Å². The number of hydrogen-bond acceptors (Lipinski definition) is 5. The van der Waals surface area contributed by atoms with Gasteiger partial charge in [0.25, 0.3) is 22.7 Å². The summed E-state index contributed by atoms with van der Waals surface area (Å²) in [7, 11) is 0. The van der Waals surface area contributed by atoms with Gasteiger partial charge < -0.3 is 4.42 Å². The van der Waals surface area contributed by atoms with Crippen LogP contribution in [-0.4, -0.2) is 29.3 Å². The molecule has 1 aliphatic carbocycles. The van der Waals surface area contributed by atoms with Crippen LogP contribution in [0.4, 0.5) is 0 Å². The maximum absolute atomic E-state index is 13.2. The van der Waals surface area contributed by atoms with Crippen molar-refractivity contribution in [1.82, 2.24) is 19.3 Å². The van der Waals surface area contributed by atoms with Crippen LogP contribution < -0.4 is 10.3 Å². The summed E-state index contributed by atoms with van der Waals surface area (Å²) in [5.41, 5.74) is 0.964. The Balaban J connectivity index is 1.89. The van der Waals surface area contributed by atoms with Crippen molar-refractivity contribution in [2.24, 2.45) is 0 Å². The number of hydrogen-bond donors (Lipinski definition) is 3. The number of nitrogens with zero attached hydrogens (tertiary/aromatic N) is 2. The van der Waals surface area contributed by atoms with Gasteiger partial charge in [-0.1, -0.05) is 19.3 Å². The molecule has 4 rings (SSSR count). The van der Waals surface area contributed by atoms with Gasteiger partial charge in [0.05, 0.1) is 11.8 Å². The zero-order chi connectivity index (χ0) is 19.0. The third-order valence-corrected chi connectivity index (χ3v) is 5.20. The number of aromatic amines is 1. The molecule has 1 atom stereocenters. The first-order valence-corrected chi connectivity index (χ1v) is 9.76. The molecule has 1 fully saturated rings. The molecule has 0 aromatic carbocycles. The van der Waals surface area contributed by atoms with E-state index < -0.39 is 17.2 Å². The van der Waals surface area contributed by atoms with Crippen molar-refractivity contribution in [3.8, 4) is 11.5 Å². The number of H-pyrrole nitrogens is 1. The molecule has 3 N–H and O–H groups in total.